The minimum absolute atomic E-state index is 0. The second-order valence-corrected chi connectivity index (χ2v) is 13.0. The minimum atomic E-state index is 0. The Hall–Kier alpha value is -4.44. The zero-order valence-corrected chi connectivity index (χ0v) is 30.2. The molecule has 0 saturated heterocycles. The molecule has 47 heavy (non-hydrogen) atoms. The van der Waals surface area contributed by atoms with Crippen molar-refractivity contribution in [3.05, 3.63) is 149 Å². The van der Waals surface area contributed by atoms with E-state index in [0.29, 0.717) is 5.71 Å². The summed E-state index contributed by atoms with van der Waals surface area (Å²) >= 11 is 0. The number of benzene rings is 3. The Morgan fingerprint density at radius 2 is 1.55 bits per heavy atom. The molecule has 0 aliphatic carbocycles. The first-order valence-electron chi connectivity index (χ1n) is 15.8. The molecule has 0 atom stereocenters. The molecule has 4 nitrogen and oxygen atoms in total. The molecule has 0 spiro atoms. The van der Waals surface area contributed by atoms with Crippen LogP contribution in [0.1, 0.15) is 54.3 Å². The average Bonchev–Trinajstić information content (AvgIpc) is 3.44. The van der Waals surface area contributed by atoms with Crippen molar-refractivity contribution >= 4 is 22.1 Å². The second kappa shape index (κ2) is 14.5. The molecule has 3 aromatic carbocycles. The second-order valence-electron chi connectivity index (χ2n) is 13.0. The molecule has 239 valence electrons. The largest absolute Gasteiger partial charge is 0.486 e. The maximum Gasteiger partial charge on any atom is 0.216 e. The van der Waals surface area contributed by atoms with Gasteiger partial charge in [0.15, 0.2) is 0 Å². The van der Waals surface area contributed by atoms with Crippen molar-refractivity contribution < 1.29 is 24.5 Å². The normalized spacial score (nSPS) is 11.2. The number of hydrogen-bond acceptors (Lipinski definition) is 4. The zero-order valence-electron chi connectivity index (χ0n) is 27.8. The molecule has 4 aromatic heterocycles. The van der Waals surface area contributed by atoms with Gasteiger partial charge in [-0.3, -0.25) is 0 Å². The van der Waals surface area contributed by atoms with Gasteiger partial charge in [-0.05, 0) is 78.4 Å². The molecule has 4 heterocycles. The summed E-state index contributed by atoms with van der Waals surface area (Å²) in [5, 5.41) is 2.08. The summed E-state index contributed by atoms with van der Waals surface area (Å²) in [5.41, 5.74) is 12.6. The van der Waals surface area contributed by atoms with E-state index in [9.17, 15) is 0 Å². The topological polar surface area (TPSA) is 51.8 Å². The van der Waals surface area contributed by atoms with Crippen LogP contribution in [-0.2, 0) is 38.4 Å². The number of aryl methyl sites for hydroxylation is 5. The van der Waals surface area contributed by atoms with Gasteiger partial charge in [0.2, 0.25) is 5.71 Å². The van der Waals surface area contributed by atoms with Crippen molar-refractivity contribution in [2.45, 2.75) is 59.8 Å². The summed E-state index contributed by atoms with van der Waals surface area (Å²) < 4.78 is 6.27. The molecule has 0 amide bonds. The molecular formula is C42H39IrN3O-2. The van der Waals surface area contributed by atoms with Crippen LogP contribution in [0.3, 0.4) is 0 Å². The summed E-state index contributed by atoms with van der Waals surface area (Å²) in [7, 11) is 0. The summed E-state index contributed by atoms with van der Waals surface area (Å²) in [5.74, 6) is 0. The molecule has 0 aliphatic rings. The predicted octanol–water partition coefficient (Wildman–Crippen LogP) is 10.4. The standard InChI is InChI=1S/C28H25N2O.C14H14N.Ir/c1-28(2,3)20-16-17-29-25(18-20)24-11-7-10-22-23-15-14-21(30-27(23)31-26(22)24)13-12-19-8-5-4-6-9-19;1-10-4-6-13(7-5-10)14-8-11(2)12(3)9-15-14;/h4-10,14-18H,12-13H2,1-3H3;4-6,8-9H,1-3H3;/q2*-1;. The molecule has 0 saturated carbocycles. The molecule has 0 unspecified atom stereocenters. The number of pyridine rings is 3. The number of aromatic nitrogens is 3. The van der Waals surface area contributed by atoms with Crippen LogP contribution < -0.4 is 0 Å². The molecule has 1 radical (unpaired) electrons. The SMILES string of the molecule is CC(C)(C)c1ccnc(-c2[c-]ccc3c2oc2nc(CCc4ccccc4)ccc23)c1.Cc1c[c-]c(-c2cc(C)c(C)cn2)cc1.[Ir]. The monoisotopic (exact) mass is 794 g/mol. The summed E-state index contributed by atoms with van der Waals surface area (Å²) in [6, 6.07) is 37.8. The van der Waals surface area contributed by atoms with Gasteiger partial charge in [-0.1, -0.05) is 86.7 Å². The van der Waals surface area contributed by atoms with Crippen LogP contribution in [0.15, 0.2) is 108 Å². The van der Waals surface area contributed by atoms with Crippen LogP contribution in [0.4, 0.5) is 0 Å². The van der Waals surface area contributed by atoms with Gasteiger partial charge in [0.1, 0.15) is 0 Å². The third-order valence-corrected chi connectivity index (χ3v) is 8.37. The van der Waals surface area contributed by atoms with Crippen molar-refractivity contribution in [1.82, 2.24) is 15.0 Å². The van der Waals surface area contributed by atoms with E-state index >= 15 is 0 Å². The summed E-state index contributed by atoms with van der Waals surface area (Å²) in [6.45, 7) is 12.9. The molecule has 5 heteroatoms. The number of rotatable bonds is 5. The maximum atomic E-state index is 6.27. The van der Waals surface area contributed by atoms with Gasteiger partial charge in [0.25, 0.3) is 0 Å². The van der Waals surface area contributed by atoms with Crippen LogP contribution in [0.25, 0.3) is 44.6 Å². The fourth-order valence-corrected chi connectivity index (χ4v) is 5.37. The number of hydrogen-bond donors (Lipinski definition) is 0. The smallest absolute Gasteiger partial charge is 0.216 e. The molecule has 0 aliphatic heterocycles. The fraction of sp³-hybridized carbons (Fsp3) is 0.214. The van der Waals surface area contributed by atoms with Crippen molar-refractivity contribution in [1.29, 1.82) is 0 Å². The van der Waals surface area contributed by atoms with Gasteiger partial charge in [-0.25, -0.2) is 4.98 Å². The Morgan fingerprint density at radius 3 is 2.28 bits per heavy atom. The Kier molecular flexibility index (Phi) is 10.5. The van der Waals surface area contributed by atoms with Crippen LogP contribution in [0.5, 0.6) is 0 Å². The first kappa shape index (κ1) is 33.9. The van der Waals surface area contributed by atoms with Gasteiger partial charge < -0.3 is 14.4 Å². The van der Waals surface area contributed by atoms with Gasteiger partial charge >= 0.3 is 0 Å². The predicted molar refractivity (Wildman–Crippen MR) is 189 cm³/mol. The quantitative estimate of drug-likeness (QED) is 0.163. The first-order chi connectivity index (χ1) is 22.2. The van der Waals surface area contributed by atoms with E-state index in [1.54, 1.807) is 0 Å². The molecule has 7 rings (SSSR count). The van der Waals surface area contributed by atoms with Crippen LogP contribution in [0, 0.1) is 32.9 Å². The average molecular weight is 794 g/mol. The van der Waals surface area contributed by atoms with E-state index in [4.69, 9.17) is 9.40 Å². The zero-order chi connectivity index (χ0) is 32.3. The number of nitrogens with zero attached hydrogens (tertiary/aromatic N) is 3. The van der Waals surface area contributed by atoms with E-state index in [1.807, 2.05) is 36.7 Å². The van der Waals surface area contributed by atoms with E-state index < -0.39 is 0 Å². The molecule has 0 N–H and O–H groups in total. The Bertz CT molecular complexity index is 2110. The first-order valence-corrected chi connectivity index (χ1v) is 15.8. The Labute approximate surface area is 291 Å². The Balaban J connectivity index is 0.000000228. The van der Waals surface area contributed by atoms with Crippen LogP contribution >= 0.6 is 0 Å². The molecule has 0 bridgehead atoms. The van der Waals surface area contributed by atoms with Gasteiger partial charge in [0, 0.05) is 43.6 Å². The summed E-state index contributed by atoms with van der Waals surface area (Å²) in [4.78, 5) is 13.8. The fourth-order valence-electron chi connectivity index (χ4n) is 5.37. The summed E-state index contributed by atoms with van der Waals surface area (Å²) in [6.07, 6.45) is 5.62. The van der Waals surface area contributed by atoms with Gasteiger partial charge in [-0.15, -0.1) is 53.6 Å². The molecule has 7 aromatic rings. The third-order valence-electron chi connectivity index (χ3n) is 8.37. The van der Waals surface area contributed by atoms with E-state index in [-0.39, 0.29) is 25.5 Å². The van der Waals surface area contributed by atoms with Crippen molar-refractivity contribution in [2.75, 3.05) is 0 Å². The molecule has 0 fully saturated rings. The van der Waals surface area contributed by atoms with E-state index in [1.165, 1.54) is 27.8 Å². The maximum absolute atomic E-state index is 6.27. The molecular weight excluding hydrogens is 755 g/mol. The Morgan fingerprint density at radius 1 is 0.745 bits per heavy atom. The van der Waals surface area contributed by atoms with Crippen LogP contribution in [-0.4, -0.2) is 15.0 Å². The number of fused-ring (bicyclic) bond motifs is 3. The van der Waals surface area contributed by atoms with Crippen molar-refractivity contribution in [3.63, 3.8) is 0 Å². The number of furan rings is 1. The third kappa shape index (κ3) is 7.93. The van der Waals surface area contributed by atoms with Crippen molar-refractivity contribution in [3.8, 4) is 22.5 Å². The van der Waals surface area contributed by atoms with E-state index in [0.717, 1.165) is 57.4 Å². The minimum Gasteiger partial charge on any atom is -0.486 e. The van der Waals surface area contributed by atoms with Crippen molar-refractivity contribution in [2.24, 2.45) is 0 Å². The van der Waals surface area contributed by atoms with Crippen LogP contribution in [0.2, 0.25) is 0 Å². The van der Waals surface area contributed by atoms with Gasteiger partial charge in [0.05, 0.1) is 5.58 Å². The van der Waals surface area contributed by atoms with Gasteiger partial charge in [-0.2, -0.15) is 0 Å². The van der Waals surface area contributed by atoms with E-state index in [2.05, 4.69) is 130 Å².